The van der Waals surface area contributed by atoms with Crippen molar-refractivity contribution in [1.29, 1.82) is 0 Å². The molecule has 1 aromatic carbocycles. The zero-order valence-electron chi connectivity index (χ0n) is 9.85. The number of rotatable bonds is 3. The number of nitrogens with one attached hydrogen (secondary N) is 1. The molecule has 96 valence electrons. The number of hydrogen-bond acceptors (Lipinski definition) is 3. The summed E-state index contributed by atoms with van der Waals surface area (Å²) in [5, 5.41) is 7.58. The fraction of sp³-hybridized carbons (Fsp3) is 0.0769. The number of anilines is 1. The van der Waals surface area contributed by atoms with Crippen LogP contribution in [0, 0.1) is 0 Å². The van der Waals surface area contributed by atoms with Crippen molar-refractivity contribution in [3.05, 3.63) is 57.1 Å². The van der Waals surface area contributed by atoms with Crippen LogP contribution in [-0.4, -0.2) is 14.6 Å². The molecule has 0 aliphatic rings. The highest BCUT2D eigenvalue weighted by Crippen LogP contribution is 2.14. The Labute approximate surface area is 127 Å². The molecule has 3 aromatic rings. The van der Waals surface area contributed by atoms with Crippen LogP contribution in [0.3, 0.4) is 0 Å². The van der Waals surface area contributed by atoms with Crippen molar-refractivity contribution < 1.29 is 0 Å². The largest absolute Gasteiger partial charge is 0.349 e. The summed E-state index contributed by atoms with van der Waals surface area (Å²) in [4.78, 5) is 4.40. The Hall–Kier alpha value is -1.40. The van der Waals surface area contributed by atoms with Gasteiger partial charge in [-0.1, -0.05) is 28.1 Å². The summed E-state index contributed by atoms with van der Waals surface area (Å²) in [6, 6.07) is 12.0. The zero-order valence-corrected chi connectivity index (χ0v) is 13.0. The number of aromatic nitrogens is 3. The summed E-state index contributed by atoms with van der Waals surface area (Å²) in [5.74, 6) is 0.623. The summed E-state index contributed by atoms with van der Waals surface area (Å²) in [7, 11) is 0. The van der Waals surface area contributed by atoms with E-state index < -0.39 is 0 Å². The second-order valence-electron chi connectivity index (χ2n) is 4.07. The van der Waals surface area contributed by atoms with Gasteiger partial charge in [-0.2, -0.15) is 4.98 Å². The molecule has 0 spiro atoms. The first-order valence-corrected chi connectivity index (χ1v) is 7.29. The molecule has 0 bridgehead atoms. The monoisotopic (exact) mass is 380 g/mol. The van der Waals surface area contributed by atoms with Crippen molar-refractivity contribution in [2.75, 3.05) is 5.32 Å². The van der Waals surface area contributed by atoms with Gasteiger partial charge in [0.2, 0.25) is 5.95 Å². The van der Waals surface area contributed by atoms with Gasteiger partial charge in [-0.25, -0.2) is 4.52 Å². The van der Waals surface area contributed by atoms with Crippen molar-refractivity contribution in [2.45, 2.75) is 6.54 Å². The average molecular weight is 382 g/mol. The lowest BCUT2D eigenvalue weighted by atomic mass is 10.2. The van der Waals surface area contributed by atoms with E-state index in [0.717, 1.165) is 14.6 Å². The fourth-order valence-electron chi connectivity index (χ4n) is 1.76. The van der Waals surface area contributed by atoms with Crippen molar-refractivity contribution in [1.82, 2.24) is 14.6 Å². The first kappa shape index (κ1) is 12.6. The molecule has 0 amide bonds. The number of halogens is 2. The van der Waals surface area contributed by atoms with Crippen LogP contribution >= 0.6 is 31.9 Å². The molecule has 0 aliphatic carbocycles. The van der Waals surface area contributed by atoms with Crippen molar-refractivity contribution >= 4 is 43.5 Å². The third-order valence-corrected chi connectivity index (χ3v) is 3.60. The molecule has 4 nitrogen and oxygen atoms in total. The van der Waals surface area contributed by atoms with E-state index in [1.807, 2.05) is 30.5 Å². The van der Waals surface area contributed by atoms with Crippen LogP contribution in [0.25, 0.3) is 5.65 Å². The number of hydrogen-bond donors (Lipinski definition) is 1. The summed E-state index contributed by atoms with van der Waals surface area (Å²) < 4.78 is 3.79. The molecule has 6 heteroatoms. The highest BCUT2D eigenvalue weighted by molar-refractivity contribution is 9.10. The molecule has 0 atom stereocenters. The van der Waals surface area contributed by atoms with Gasteiger partial charge in [-0.15, -0.1) is 5.10 Å². The van der Waals surface area contributed by atoms with Gasteiger partial charge >= 0.3 is 0 Å². The second-order valence-corrected chi connectivity index (χ2v) is 5.90. The highest BCUT2D eigenvalue weighted by atomic mass is 79.9. The van der Waals surface area contributed by atoms with E-state index in [1.54, 1.807) is 4.52 Å². The normalized spacial score (nSPS) is 10.8. The van der Waals surface area contributed by atoms with Crippen LogP contribution in [0.5, 0.6) is 0 Å². The Balaban J connectivity index is 1.78. The average Bonchev–Trinajstić information content (AvgIpc) is 2.78. The third kappa shape index (κ3) is 2.96. The lowest BCUT2D eigenvalue weighted by Gasteiger charge is -2.02. The van der Waals surface area contributed by atoms with Crippen LogP contribution in [-0.2, 0) is 6.54 Å². The van der Waals surface area contributed by atoms with E-state index in [4.69, 9.17) is 0 Å². The predicted octanol–water partition coefficient (Wildman–Crippen LogP) is 3.87. The molecular weight excluding hydrogens is 372 g/mol. The smallest absolute Gasteiger partial charge is 0.243 e. The van der Waals surface area contributed by atoms with Gasteiger partial charge in [0.25, 0.3) is 0 Å². The van der Waals surface area contributed by atoms with Gasteiger partial charge in [0.05, 0.1) is 0 Å². The molecule has 0 saturated heterocycles. The van der Waals surface area contributed by atoms with Crippen molar-refractivity contribution in [3.8, 4) is 0 Å². The van der Waals surface area contributed by atoms with E-state index in [9.17, 15) is 0 Å². The van der Waals surface area contributed by atoms with Gasteiger partial charge in [-0.05, 0) is 45.8 Å². The van der Waals surface area contributed by atoms with Gasteiger partial charge < -0.3 is 5.32 Å². The molecular formula is C13H10Br2N4. The van der Waals surface area contributed by atoms with Crippen LogP contribution in [0.15, 0.2) is 51.5 Å². The summed E-state index contributed by atoms with van der Waals surface area (Å²) in [6.07, 6.45) is 1.88. The SMILES string of the molecule is Brc1cccc(CNc2nc3ccc(Br)cn3n2)c1. The summed E-state index contributed by atoms with van der Waals surface area (Å²) in [6.45, 7) is 0.692. The summed E-state index contributed by atoms with van der Waals surface area (Å²) in [5.41, 5.74) is 1.99. The molecule has 0 saturated carbocycles. The minimum Gasteiger partial charge on any atom is -0.349 e. The Morgan fingerprint density at radius 2 is 2.00 bits per heavy atom. The molecule has 2 heterocycles. The van der Waals surface area contributed by atoms with Crippen molar-refractivity contribution in [2.24, 2.45) is 0 Å². The second kappa shape index (κ2) is 5.30. The van der Waals surface area contributed by atoms with Crippen LogP contribution < -0.4 is 5.32 Å². The van der Waals surface area contributed by atoms with Gasteiger partial charge in [0.1, 0.15) is 0 Å². The molecule has 19 heavy (non-hydrogen) atoms. The molecule has 3 rings (SSSR count). The Morgan fingerprint density at radius 1 is 1.11 bits per heavy atom. The number of fused-ring (bicyclic) bond motifs is 1. The molecule has 1 N–H and O–H groups in total. The first-order chi connectivity index (χ1) is 9.20. The Morgan fingerprint density at radius 3 is 2.84 bits per heavy atom. The molecule has 0 aliphatic heterocycles. The van der Waals surface area contributed by atoms with Gasteiger partial charge in [-0.3, -0.25) is 0 Å². The Kier molecular flexibility index (Phi) is 3.52. The Bertz CT molecular complexity index is 723. The van der Waals surface area contributed by atoms with Crippen molar-refractivity contribution in [3.63, 3.8) is 0 Å². The standard InChI is InChI=1S/C13H10Br2N4/c14-10-3-1-2-9(6-10)7-16-13-17-12-5-4-11(15)8-19(12)18-13/h1-6,8H,7H2,(H,16,18). The maximum absolute atomic E-state index is 4.40. The number of benzene rings is 1. The van der Waals surface area contributed by atoms with Gasteiger partial charge in [0, 0.05) is 21.7 Å². The molecule has 0 unspecified atom stereocenters. The minimum atomic E-state index is 0.623. The number of pyridine rings is 1. The molecule has 2 aromatic heterocycles. The van der Waals surface area contributed by atoms with Crippen LogP contribution in [0.1, 0.15) is 5.56 Å². The van der Waals surface area contributed by atoms with E-state index in [2.05, 4.69) is 59.4 Å². The predicted molar refractivity (Wildman–Crippen MR) is 82.2 cm³/mol. The van der Waals surface area contributed by atoms with E-state index in [1.165, 1.54) is 5.56 Å². The summed E-state index contributed by atoms with van der Waals surface area (Å²) >= 11 is 6.87. The molecule has 0 fully saturated rings. The van der Waals surface area contributed by atoms with Crippen LogP contribution in [0.4, 0.5) is 5.95 Å². The van der Waals surface area contributed by atoms with Gasteiger partial charge in [0.15, 0.2) is 5.65 Å². The topological polar surface area (TPSA) is 42.2 Å². The first-order valence-electron chi connectivity index (χ1n) is 5.71. The molecule has 0 radical (unpaired) electrons. The lowest BCUT2D eigenvalue weighted by molar-refractivity contribution is 0.946. The fourth-order valence-corrected chi connectivity index (χ4v) is 2.53. The minimum absolute atomic E-state index is 0.623. The third-order valence-electron chi connectivity index (χ3n) is 2.63. The van der Waals surface area contributed by atoms with Crippen LogP contribution in [0.2, 0.25) is 0 Å². The van der Waals surface area contributed by atoms with E-state index in [0.29, 0.717) is 12.5 Å². The van der Waals surface area contributed by atoms with E-state index in [-0.39, 0.29) is 0 Å². The van der Waals surface area contributed by atoms with E-state index >= 15 is 0 Å². The quantitative estimate of drug-likeness (QED) is 0.748. The highest BCUT2D eigenvalue weighted by Gasteiger charge is 2.03. The maximum atomic E-state index is 4.40. The zero-order chi connectivity index (χ0) is 13.2. The number of nitrogens with zero attached hydrogens (tertiary/aromatic N) is 3. The lowest BCUT2D eigenvalue weighted by Crippen LogP contribution is -2.01. The maximum Gasteiger partial charge on any atom is 0.243 e.